The van der Waals surface area contributed by atoms with E-state index in [2.05, 4.69) is 10.3 Å². The zero-order chi connectivity index (χ0) is 13.7. The molecule has 2 heterocycles. The van der Waals surface area contributed by atoms with Crippen molar-refractivity contribution in [1.82, 2.24) is 14.8 Å². The number of thiazole rings is 1. The van der Waals surface area contributed by atoms with Crippen molar-refractivity contribution in [2.24, 2.45) is 0 Å². The first-order valence-corrected chi connectivity index (χ1v) is 7.89. The third kappa shape index (κ3) is 2.26. The third-order valence-electron chi connectivity index (χ3n) is 3.98. The van der Waals surface area contributed by atoms with Crippen molar-refractivity contribution in [3.05, 3.63) is 11.1 Å². The summed E-state index contributed by atoms with van der Waals surface area (Å²) in [6.45, 7) is 0.597. The van der Waals surface area contributed by atoms with Crippen LogP contribution in [0.2, 0.25) is 0 Å². The van der Waals surface area contributed by atoms with Crippen LogP contribution in [-0.2, 0) is 4.79 Å². The average molecular weight is 292 g/mol. The summed E-state index contributed by atoms with van der Waals surface area (Å²) in [5, 5.41) is 5.45. The molecule has 6 nitrogen and oxygen atoms in total. The highest BCUT2D eigenvalue weighted by molar-refractivity contribution is 7.13. The smallest absolute Gasteiger partial charge is 0.320 e. The van der Waals surface area contributed by atoms with Gasteiger partial charge in [0, 0.05) is 17.3 Å². The predicted octanol–water partition coefficient (Wildman–Crippen LogP) is 1.82. The van der Waals surface area contributed by atoms with Gasteiger partial charge in [0.15, 0.2) is 5.13 Å². The molecule has 0 unspecified atom stereocenters. The molecule has 106 valence electrons. The molecule has 2 saturated carbocycles. The van der Waals surface area contributed by atoms with E-state index in [0.29, 0.717) is 23.8 Å². The van der Waals surface area contributed by atoms with Crippen molar-refractivity contribution >= 4 is 28.4 Å². The summed E-state index contributed by atoms with van der Waals surface area (Å²) in [6, 6.07) is 0.139. The van der Waals surface area contributed by atoms with Crippen LogP contribution in [0.1, 0.15) is 37.3 Å². The molecule has 3 amide bonds. The largest absolute Gasteiger partial charge is 0.325 e. The molecule has 1 aromatic heterocycles. The van der Waals surface area contributed by atoms with Gasteiger partial charge in [-0.15, -0.1) is 11.3 Å². The predicted molar refractivity (Wildman–Crippen MR) is 74.5 cm³/mol. The minimum atomic E-state index is -0.224. The zero-order valence-electron chi connectivity index (χ0n) is 11.0. The van der Waals surface area contributed by atoms with Gasteiger partial charge in [-0.3, -0.25) is 15.0 Å². The fourth-order valence-corrected chi connectivity index (χ4v) is 3.27. The highest BCUT2D eigenvalue weighted by Crippen LogP contribution is 2.40. The van der Waals surface area contributed by atoms with E-state index in [1.54, 1.807) is 9.80 Å². The second kappa shape index (κ2) is 4.44. The quantitative estimate of drug-likeness (QED) is 0.924. The zero-order valence-corrected chi connectivity index (χ0v) is 11.9. The Labute approximate surface area is 120 Å². The van der Waals surface area contributed by atoms with Crippen LogP contribution in [0.5, 0.6) is 0 Å². The van der Waals surface area contributed by atoms with E-state index in [1.807, 2.05) is 5.38 Å². The van der Waals surface area contributed by atoms with Gasteiger partial charge < -0.3 is 4.90 Å². The van der Waals surface area contributed by atoms with E-state index in [1.165, 1.54) is 24.2 Å². The SMILES string of the molecule is O=C(Nc1nc(C2CC2)cs1)N1CC(=O)N(C2CC2)C1. The molecular formula is C13H16N4O2S. The molecule has 1 aromatic rings. The second-order valence-electron chi connectivity index (χ2n) is 5.72. The Kier molecular flexibility index (Phi) is 2.70. The molecule has 0 radical (unpaired) electrons. The number of amides is 3. The van der Waals surface area contributed by atoms with Gasteiger partial charge in [-0.05, 0) is 25.7 Å². The topological polar surface area (TPSA) is 65.5 Å². The lowest BCUT2D eigenvalue weighted by Gasteiger charge is -2.17. The monoisotopic (exact) mass is 292 g/mol. The summed E-state index contributed by atoms with van der Waals surface area (Å²) >= 11 is 1.46. The summed E-state index contributed by atoms with van der Waals surface area (Å²) in [5.41, 5.74) is 1.09. The number of hydrogen-bond donors (Lipinski definition) is 1. The molecule has 0 bridgehead atoms. The Bertz CT molecular complexity index is 564. The normalized spacial score (nSPS) is 22.5. The Balaban J connectivity index is 1.38. The second-order valence-corrected chi connectivity index (χ2v) is 6.57. The van der Waals surface area contributed by atoms with Gasteiger partial charge in [0.25, 0.3) is 0 Å². The molecule has 20 heavy (non-hydrogen) atoms. The van der Waals surface area contributed by atoms with E-state index in [4.69, 9.17) is 0 Å². The summed E-state index contributed by atoms with van der Waals surface area (Å²) in [6.07, 6.45) is 4.54. The molecule has 1 saturated heterocycles. The molecule has 2 aliphatic carbocycles. The van der Waals surface area contributed by atoms with E-state index in [-0.39, 0.29) is 18.5 Å². The maximum absolute atomic E-state index is 12.1. The van der Waals surface area contributed by atoms with Crippen LogP contribution in [0, 0.1) is 0 Å². The average Bonchev–Trinajstić information content (AvgIpc) is 3.35. The van der Waals surface area contributed by atoms with Crippen LogP contribution in [0.4, 0.5) is 9.93 Å². The first-order valence-electron chi connectivity index (χ1n) is 7.01. The van der Waals surface area contributed by atoms with E-state index < -0.39 is 0 Å². The van der Waals surface area contributed by atoms with Crippen molar-refractivity contribution < 1.29 is 9.59 Å². The lowest BCUT2D eigenvalue weighted by Crippen LogP contribution is -2.35. The van der Waals surface area contributed by atoms with Crippen LogP contribution in [0.25, 0.3) is 0 Å². The maximum Gasteiger partial charge on any atom is 0.325 e. The fourth-order valence-electron chi connectivity index (χ4n) is 2.49. The Morgan fingerprint density at radius 1 is 1.35 bits per heavy atom. The number of aromatic nitrogens is 1. The van der Waals surface area contributed by atoms with E-state index >= 15 is 0 Å². The van der Waals surface area contributed by atoms with Gasteiger partial charge in [0.05, 0.1) is 12.4 Å². The molecule has 3 fully saturated rings. The number of anilines is 1. The highest BCUT2D eigenvalue weighted by atomic mass is 32.1. The van der Waals surface area contributed by atoms with Gasteiger partial charge in [-0.2, -0.15) is 0 Å². The van der Waals surface area contributed by atoms with Crippen LogP contribution in [-0.4, -0.2) is 46.0 Å². The number of rotatable bonds is 3. The molecule has 4 rings (SSSR count). The summed E-state index contributed by atoms with van der Waals surface area (Å²) in [4.78, 5) is 31.7. The summed E-state index contributed by atoms with van der Waals surface area (Å²) < 4.78 is 0. The molecule has 0 atom stereocenters. The molecule has 0 aromatic carbocycles. The van der Waals surface area contributed by atoms with Crippen LogP contribution in [0.3, 0.4) is 0 Å². The van der Waals surface area contributed by atoms with Crippen molar-refractivity contribution in [2.45, 2.75) is 37.6 Å². The van der Waals surface area contributed by atoms with Gasteiger partial charge in [-0.25, -0.2) is 9.78 Å². The minimum Gasteiger partial charge on any atom is -0.320 e. The number of nitrogens with zero attached hydrogens (tertiary/aromatic N) is 3. The first kappa shape index (κ1) is 12.1. The van der Waals surface area contributed by atoms with Crippen LogP contribution >= 0.6 is 11.3 Å². The van der Waals surface area contributed by atoms with Crippen molar-refractivity contribution in [3.63, 3.8) is 0 Å². The molecule has 1 N–H and O–H groups in total. The molecule has 1 aliphatic heterocycles. The number of hydrogen-bond acceptors (Lipinski definition) is 4. The van der Waals surface area contributed by atoms with Gasteiger partial charge in [0.2, 0.25) is 5.91 Å². The molecular weight excluding hydrogens is 276 g/mol. The summed E-state index contributed by atoms with van der Waals surface area (Å²) in [7, 11) is 0. The van der Waals surface area contributed by atoms with Gasteiger partial charge >= 0.3 is 6.03 Å². The minimum absolute atomic E-state index is 0.0560. The van der Waals surface area contributed by atoms with Gasteiger partial charge in [0.1, 0.15) is 6.54 Å². The van der Waals surface area contributed by atoms with E-state index in [9.17, 15) is 9.59 Å². The van der Waals surface area contributed by atoms with E-state index in [0.717, 1.165) is 18.5 Å². The van der Waals surface area contributed by atoms with Crippen LogP contribution < -0.4 is 5.32 Å². The van der Waals surface area contributed by atoms with Crippen LogP contribution in [0.15, 0.2) is 5.38 Å². The molecule has 3 aliphatic rings. The first-order chi connectivity index (χ1) is 9.70. The fraction of sp³-hybridized carbons (Fsp3) is 0.615. The van der Waals surface area contributed by atoms with Crippen molar-refractivity contribution in [3.8, 4) is 0 Å². The number of carbonyl (C=O) groups excluding carboxylic acids is 2. The number of carbonyl (C=O) groups is 2. The van der Waals surface area contributed by atoms with Crippen molar-refractivity contribution in [2.75, 3.05) is 18.5 Å². The molecule has 0 spiro atoms. The maximum atomic E-state index is 12.1. The molecule has 7 heteroatoms. The highest BCUT2D eigenvalue weighted by Gasteiger charge is 2.40. The van der Waals surface area contributed by atoms with Crippen molar-refractivity contribution in [1.29, 1.82) is 0 Å². The summed E-state index contributed by atoms with van der Waals surface area (Å²) in [5.74, 6) is 0.649. The third-order valence-corrected chi connectivity index (χ3v) is 4.75. The Morgan fingerprint density at radius 2 is 2.15 bits per heavy atom. The lowest BCUT2D eigenvalue weighted by molar-refractivity contribution is -0.127. The number of nitrogens with one attached hydrogen (secondary N) is 1. The lowest BCUT2D eigenvalue weighted by atomic mass is 10.3. The number of urea groups is 1. The Hall–Kier alpha value is -1.63. The Morgan fingerprint density at radius 3 is 2.85 bits per heavy atom. The van der Waals surface area contributed by atoms with Gasteiger partial charge in [-0.1, -0.05) is 0 Å². The standard InChI is InChI=1S/C13H16N4O2S/c18-11-5-16(7-17(11)9-3-4-9)13(19)15-12-14-10(6-20-12)8-1-2-8/h6,8-9H,1-5,7H2,(H,14,15,19).